The summed E-state index contributed by atoms with van der Waals surface area (Å²) < 4.78 is 0. The molecule has 0 bridgehead atoms. The predicted octanol–water partition coefficient (Wildman–Crippen LogP) is 1.39. The molecule has 2 aliphatic carbocycles. The molecule has 0 aromatic rings. The summed E-state index contributed by atoms with van der Waals surface area (Å²) in [6, 6.07) is 0. The van der Waals surface area contributed by atoms with Crippen LogP contribution in [0, 0.1) is 11.8 Å². The first-order valence-electron chi connectivity index (χ1n) is 4.63. The van der Waals surface area contributed by atoms with Gasteiger partial charge in [-0.05, 0) is 31.3 Å². The van der Waals surface area contributed by atoms with Gasteiger partial charge in [-0.25, -0.2) is 0 Å². The van der Waals surface area contributed by atoms with Crippen LogP contribution < -0.4 is 0 Å². The zero-order chi connectivity index (χ0) is 9.42. The van der Waals surface area contributed by atoms with Gasteiger partial charge < -0.3 is 5.11 Å². The van der Waals surface area contributed by atoms with Crippen LogP contribution in [0.3, 0.4) is 0 Å². The van der Waals surface area contributed by atoms with E-state index in [1.807, 2.05) is 0 Å². The summed E-state index contributed by atoms with van der Waals surface area (Å²) in [4.78, 5) is 21.8. The van der Waals surface area contributed by atoms with Crippen molar-refractivity contribution >= 4 is 11.8 Å². The third-order valence-corrected chi connectivity index (χ3v) is 3.01. The van der Waals surface area contributed by atoms with Gasteiger partial charge in [-0.2, -0.15) is 0 Å². The molecule has 0 aliphatic heterocycles. The van der Waals surface area contributed by atoms with E-state index in [4.69, 9.17) is 5.11 Å². The highest BCUT2D eigenvalue weighted by atomic mass is 16.4. The van der Waals surface area contributed by atoms with E-state index in [0.717, 1.165) is 18.4 Å². The van der Waals surface area contributed by atoms with Crippen LogP contribution in [0.25, 0.3) is 0 Å². The Morgan fingerprint density at radius 3 is 3.00 bits per heavy atom. The molecule has 0 amide bonds. The van der Waals surface area contributed by atoms with Crippen molar-refractivity contribution < 1.29 is 14.7 Å². The van der Waals surface area contributed by atoms with Crippen LogP contribution in [0.5, 0.6) is 0 Å². The van der Waals surface area contributed by atoms with Crippen LogP contribution in [0.2, 0.25) is 0 Å². The van der Waals surface area contributed by atoms with E-state index in [1.54, 1.807) is 6.08 Å². The van der Waals surface area contributed by atoms with Crippen molar-refractivity contribution in [1.82, 2.24) is 0 Å². The predicted molar refractivity (Wildman–Crippen MR) is 46.2 cm³/mol. The molecule has 0 aromatic carbocycles. The molecule has 0 radical (unpaired) electrons. The number of allylic oxidation sites excluding steroid dienone is 2. The molecule has 0 heterocycles. The number of hydrogen-bond donors (Lipinski definition) is 1. The zero-order valence-electron chi connectivity index (χ0n) is 7.32. The maximum atomic E-state index is 11.1. The summed E-state index contributed by atoms with van der Waals surface area (Å²) in [6.45, 7) is 0. The Labute approximate surface area is 76.4 Å². The molecule has 0 unspecified atom stereocenters. The van der Waals surface area contributed by atoms with Gasteiger partial charge in [0.1, 0.15) is 0 Å². The van der Waals surface area contributed by atoms with Gasteiger partial charge in [0.2, 0.25) is 0 Å². The van der Waals surface area contributed by atoms with Gasteiger partial charge >= 0.3 is 5.97 Å². The van der Waals surface area contributed by atoms with Crippen LogP contribution in [0.15, 0.2) is 11.6 Å². The molecule has 3 nitrogen and oxygen atoms in total. The third kappa shape index (κ3) is 1.50. The van der Waals surface area contributed by atoms with Crippen LogP contribution in [0.1, 0.15) is 25.7 Å². The molecule has 0 saturated heterocycles. The van der Waals surface area contributed by atoms with Gasteiger partial charge in [0, 0.05) is 6.42 Å². The molecule has 3 heteroatoms. The molecule has 1 fully saturated rings. The molecule has 2 aliphatic rings. The molecule has 1 N–H and O–H groups in total. The van der Waals surface area contributed by atoms with E-state index in [2.05, 4.69) is 0 Å². The molecule has 70 valence electrons. The first-order valence-corrected chi connectivity index (χ1v) is 4.63. The largest absolute Gasteiger partial charge is 0.481 e. The minimum Gasteiger partial charge on any atom is -0.481 e. The number of hydrogen-bond acceptors (Lipinski definition) is 2. The lowest BCUT2D eigenvalue weighted by atomic mass is 9.90. The summed E-state index contributed by atoms with van der Waals surface area (Å²) in [7, 11) is 0. The molecule has 13 heavy (non-hydrogen) atoms. The van der Waals surface area contributed by atoms with Crippen LogP contribution in [-0.2, 0) is 9.59 Å². The second-order valence-electron chi connectivity index (χ2n) is 3.90. The lowest BCUT2D eigenvalue weighted by molar-refractivity contribution is -0.141. The normalized spacial score (nSPS) is 32.6. The molecule has 1 saturated carbocycles. The summed E-state index contributed by atoms with van der Waals surface area (Å²) in [5.74, 6) is -0.430. The maximum Gasteiger partial charge on any atom is 0.306 e. The lowest BCUT2D eigenvalue weighted by Gasteiger charge is -2.14. The number of rotatable bonds is 1. The van der Waals surface area contributed by atoms with E-state index in [9.17, 15) is 9.59 Å². The van der Waals surface area contributed by atoms with Crippen molar-refractivity contribution in [3.8, 4) is 0 Å². The molecule has 2 rings (SSSR count). The Morgan fingerprint density at radius 2 is 2.31 bits per heavy atom. The SMILES string of the molecule is O=C1C=C2C[C@H](C(=O)O)C[C@@H]2CC1. The van der Waals surface area contributed by atoms with Crippen molar-refractivity contribution in [2.45, 2.75) is 25.7 Å². The average Bonchev–Trinajstić information content (AvgIpc) is 2.46. The Bertz CT molecular complexity index is 291. The molecular weight excluding hydrogens is 168 g/mol. The van der Waals surface area contributed by atoms with Crippen LogP contribution in [0.4, 0.5) is 0 Å². The van der Waals surface area contributed by atoms with Gasteiger partial charge in [-0.3, -0.25) is 9.59 Å². The summed E-state index contributed by atoms with van der Waals surface area (Å²) >= 11 is 0. The topological polar surface area (TPSA) is 54.4 Å². The highest BCUT2D eigenvalue weighted by Crippen LogP contribution is 2.40. The smallest absolute Gasteiger partial charge is 0.306 e. The van der Waals surface area contributed by atoms with Gasteiger partial charge in [0.15, 0.2) is 5.78 Å². The highest BCUT2D eigenvalue weighted by Gasteiger charge is 2.35. The first kappa shape index (κ1) is 8.48. The van der Waals surface area contributed by atoms with Crippen molar-refractivity contribution in [2.75, 3.05) is 0 Å². The Morgan fingerprint density at radius 1 is 1.54 bits per heavy atom. The second kappa shape index (κ2) is 2.98. The Balaban J connectivity index is 2.15. The fourth-order valence-electron chi connectivity index (χ4n) is 2.29. The molecular formula is C10H12O3. The number of aliphatic carboxylic acids is 1. The van der Waals surface area contributed by atoms with Crippen molar-refractivity contribution in [2.24, 2.45) is 11.8 Å². The quantitative estimate of drug-likeness (QED) is 0.663. The second-order valence-corrected chi connectivity index (χ2v) is 3.90. The molecule has 2 atom stereocenters. The summed E-state index contributed by atoms with van der Waals surface area (Å²) in [5.41, 5.74) is 1.07. The molecule has 0 aromatic heterocycles. The number of carbonyl (C=O) groups is 2. The Kier molecular flexibility index (Phi) is 1.94. The van der Waals surface area contributed by atoms with Gasteiger partial charge in [-0.15, -0.1) is 0 Å². The number of carboxylic acids is 1. The highest BCUT2D eigenvalue weighted by molar-refractivity contribution is 5.91. The van der Waals surface area contributed by atoms with Gasteiger partial charge in [0.05, 0.1) is 5.92 Å². The fourth-order valence-corrected chi connectivity index (χ4v) is 2.29. The van der Waals surface area contributed by atoms with E-state index in [0.29, 0.717) is 18.8 Å². The van der Waals surface area contributed by atoms with Crippen molar-refractivity contribution in [3.05, 3.63) is 11.6 Å². The first-order chi connectivity index (χ1) is 6.16. The number of carboxylic acid groups (broad SMARTS) is 1. The van der Waals surface area contributed by atoms with E-state index in [-0.39, 0.29) is 11.7 Å². The zero-order valence-corrected chi connectivity index (χ0v) is 7.32. The lowest BCUT2D eigenvalue weighted by Crippen LogP contribution is -2.10. The van der Waals surface area contributed by atoms with E-state index in [1.165, 1.54) is 0 Å². The fraction of sp³-hybridized carbons (Fsp3) is 0.600. The summed E-state index contributed by atoms with van der Waals surface area (Å²) in [6.07, 6.45) is 4.44. The Hall–Kier alpha value is -1.12. The number of carbonyl (C=O) groups excluding carboxylic acids is 1. The minimum absolute atomic E-state index is 0.164. The van der Waals surface area contributed by atoms with Crippen LogP contribution >= 0.6 is 0 Å². The van der Waals surface area contributed by atoms with Gasteiger partial charge in [0.25, 0.3) is 0 Å². The standard InChI is InChI=1S/C10H12O3/c11-9-2-1-6-3-8(10(12)13)4-7(6)5-9/h5-6,8H,1-4H2,(H,12,13)/t6-,8+/m0/s1. The third-order valence-electron chi connectivity index (χ3n) is 3.01. The van der Waals surface area contributed by atoms with Crippen molar-refractivity contribution in [3.63, 3.8) is 0 Å². The monoisotopic (exact) mass is 180 g/mol. The minimum atomic E-state index is -0.720. The van der Waals surface area contributed by atoms with Crippen LogP contribution in [-0.4, -0.2) is 16.9 Å². The van der Waals surface area contributed by atoms with E-state index < -0.39 is 5.97 Å². The summed E-state index contributed by atoms with van der Waals surface area (Å²) in [5, 5.41) is 8.81. The number of ketones is 1. The van der Waals surface area contributed by atoms with Crippen molar-refractivity contribution in [1.29, 1.82) is 0 Å². The average molecular weight is 180 g/mol. The number of fused-ring (bicyclic) bond motifs is 1. The molecule has 0 spiro atoms. The maximum absolute atomic E-state index is 11.1. The van der Waals surface area contributed by atoms with E-state index >= 15 is 0 Å². The van der Waals surface area contributed by atoms with Gasteiger partial charge in [-0.1, -0.05) is 5.57 Å².